The number of nitrogens with zero attached hydrogens (tertiary/aromatic N) is 1. The quantitative estimate of drug-likeness (QED) is 0.533. The fourth-order valence-electron chi connectivity index (χ4n) is 2.68. The Bertz CT molecular complexity index is 962. The number of hydrogen-bond acceptors (Lipinski definition) is 4. The van der Waals surface area contributed by atoms with Crippen LogP contribution in [0.1, 0.15) is 22.1 Å². The molecule has 0 aromatic heterocycles. The molecule has 0 amide bonds. The van der Waals surface area contributed by atoms with Crippen LogP contribution in [-0.4, -0.2) is 5.04 Å². The van der Waals surface area contributed by atoms with E-state index >= 15 is 0 Å². The van der Waals surface area contributed by atoms with Crippen molar-refractivity contribution in [3.05, 3.63) is 99.5 Å². The number of thioether (sulfide) groups is 1. The number of hydrogen-bond donors (Lipinski definition) is 1. The molecule has 0 radical (unpaired) electrons. The SMILES string of the molecule is Clc1ccc(COc2ccc([C@H]3NN=C(c4ccccc4)S3)cc2)c(Cl)c1. The topological polar surface area (TPSA) is 33.6 Å². The van der Waals surface area contributed by atoms with Gasteiger partial charge in [-0.15, -0.1) is 0 Å². The number of nitrogens with one attached hydrogen (secondary N) is 1. The lowest BCUT2D eigenvalue weighted by Crippen LogP contribution is -2.06. The van der Waals surface area contributed by atoms with Crippen LogP contribution < -0.4 is 10.2 Å². The van der Waals surface area contributed by atoms with Gasteiger partial charge in [-0.25, -0.2) is 0 Å². The molecule has 1 aliphatic heterocycles. The predicted octanol–water partition coefficient (Wildman–Crippen LogP) is 6.27. The first kappa shape index (κ1) is 18.2. The van der Waals surface area contributed by atoms with Crippen LogP contribution in [0.4, 0.5) is 0 Å². The Morgan fingerprint density at radius 1 is 0.963 bits per heavy atom. The highest BCUT2D eigenvalue weighted by atomic mass is 35.5. The molecule has 1 aliphatic rings. The Morgan fingerprint density at radius 2 is 1.74 bits per heavy atom. The van der Waals surface area contributed by atoms with E-state index in [9.17, 15) is 0 Å². The lowest BCUT2D eigenvalue weighted by molar-refractivity contribution is 0.306. The number of halogens is 2. The van der Waals surface area contributed by atoms with E-state index in [1.807, 2.05) is 54.6 Å². The summed E-state index contributed by atoms with van der Waals surface area (Å²) in [6.07, 6.45) is 0. The average Bonchev–Trinajstić information content (AvgIpc) is 3.19. The fraction of sp³-hybridized carbons (Fsp3) is 0.0952. The van der Waals surface area contributed by atoms with Crippen molar-refractivity contribution >= 4 is 40.0 Å². The van der Waals surface area contributed by atoms with E-state index in [1.54, 1.807) is 17.8 Å². The molecule has 136 valence electrons. The molecule has 0 aliphatic carbocycles. The maximum Gasteiger partial charge on any atom is 0.126 e. The highest BCUT2D eigenvalue weighted by Gasteiger charge is 2.21. The molecule has 4 rings (SSSR count). The third-order valence-corrected chi connectivity index (χ3v) is 5.88. The van der Waals surface area contributed by atoms with Crippen LogP contribution in [0.3, 0.4) is 0 Å². The van der Waals surface area contributed by atoms with E-state index in [0.717, 1.165) is 27.5 Å². The zero-order chi connectivity index (χ0) is 18.6. The van der Waals surface area contributed by atoms with Gasteiger partial charge in [0.2, 0.25) is 0 Å². The molecule has 3 aromatic carbocycles. The van der Waals surface area contributed by atoms with E-state index in [4.69, 9.17) is 27.9 Å². The van der Waals surface area contributed by atoms with Crippen LogP contribution in [-0.2, 0) is 6.61 Å². The van der Waals surface area contributed by atoms with Crippen LogP contribution in [0, 0.1) is 0 Å². The summed E-state index contributed by atoms with van der Waals surface area (Å²) in [5, 5.41) is 6.77. The van der Waals surface area contributed by atoms with E-state index in [-0.39, 0.29) is 5.37 Å². The maximum absolute atomic E-state index is 6.18. The summed E-state index contributed by atoms with van der Waals surface area (Å²) in [4.78, 5) is 0. The van der Waals surface area contributed by atoms with Crippen molar-refractivity contribution in [3.8, 4) is 5.75 Å². The molecule has 3 aromatic rings. The minimum absolute atomic E-state index is 0.0972. The summed E-state index contributed by atoms with van der Waals surface area (Å²) in [7, 11) is 0. The summed E-state index contributed by atoms with van der Waals surface area (Å²) in [5.41, 5.74) is 6.36. The highest BCUT2D eigenvalue weighted by molar-refractivity contribution is 8.14. The first-order chi connectivity index (χ1) is 13.2. The zero-order valence-corrected chi connectivity index (χ0v) is 16.6. The largest absolute Gasteiger partial charge is 0.489 e. The molecule has 0 bridgehead atoms. The number of benzene rings is 3. The van der Waals surface area contributed by atoms with Crippen molar-refractivity contribution in [3.63, 3.8) is 0 Å². The van der Waals surface area contributed by atoms with Crippen LogP contribution in [0.5, 0.6) is 5.75 Å². The Morgan fingerprint density at radius 3 is 2.48 bits per heavy atom. The van der Waals surface area contributed by atoms with Crippen LogP contribution >= 0.6 is 35.0 Å². The van der Waals surface area contributed by atoms with Crippen molar-refractivity contribution in [1.29, 1.82) is 0 Å². The van der Waals surface area contributed by atoms with Gasteiger partial charge in [-0.3, -0.25) is 5.43 Å². The van der Waals surface area contributed by atoms with Gasteiger partial charge >= 0.3 is 0 Å². The van der Waals surface area contributed by atoms with Gasteiger partial charge < -0.3 is 4.74 Å². The molecular formula is C21H16Cl2N2OS. The lowest BCUT2D eigenvalue weighted by atomic mass is 10.2. The summed E-state index contributed by atoms with van der Waals surface area (Å²) < 4.78 is 5.84. The zero-order valence-electron chi connectivity index (χ0n) is 14.2. The van der Waals surface area contributed by atoms with E-state index < -0.39 is 0 Å². The standard InChI is InChI=1S/C21H16Cl2N2OS/c22-17-9-6-16(19(23)12-17)13-26-18-10-7-15(8-11-18)21-25-24-20(27-21)14-4-2-1-3-5-14/h1-12,21,25H,13H2/t21-/m0/s1. The second-order valence-electron chi connectivity index (χ2n) is 6.00. The number of ether oxygens (including phenoxy) is 1. The minimum atomic E-state index is 0.0972. The van der Waals surface area contributed by atoms with Crippen molar-refractivity contribution in [2.75, 3.05) is 0 Å². The van der Waals surface area contributed by atoms with E-state index in [0.29, 0.717) is 16.7 Å². The van der Waals surface area contributed by atoms with E-state index in [2.05, 4.69) is 22.7 Å². The van der Waals surface area contributed by atoms with Gasteiger partial charge in [0.05, 0.1) is 0 Å². The minimum Gasteiger partial charge on any atom is -0.489 e. The molecule has 3 nitrogen and oxygen atoms in total. The first-order valence-electron chi connectivity index (χ1n) is 8.41. The Balaban J connectivity index is 1.37. The summed E-state index contributed by atoms with van der Waals surface area (Å²) in [5.74, 6) is 0.789. The molecule has 6 heteroatoms. The van der Waals surface area contributed by atoms with Gasteiger partial charge in [-0.1, -0.05) is 83.5 Å². The van der Waals surface area contributed by atoms with Crippen LogP contribution in [0.15, 0.2) is 77.9 Å². The monoisotopic (exact) mass is 414 g/mol. The van der Waals surface area contributed by atoms with Crippen LogP contribution in [0.25, 0.3) is 0 Å². The fourth-order valence-corrected chi connectivity index (χ4v) is 4.14. The smallest absolute Gasteiger partial charge is 0.126 e. The number of hydrazone groups is 1. The van der Waals surface area contributed by atoms with Gasteiger partial charge in [-0.05, 0) is 29.8 Å². The van der Waals surface area contributed by atoms with Crippen molar-refractivity contribution in [1.82, 2.24) is 5.43 Å². The number of rotatable bonds is 5. The molecule has 1 heterocycles. The van der Waals surface area contributed by atoms with Gasteiger partial charge in [0, 0.05) is 21.2 Å². The molecule has 0 unspecified atom stereocenters. The molecule has 0 spiro atoms. The van der Waals surface area contributed by atoms with Gasteiger partial charge in [0.1, 0.15) is 22.8 Å². The molecule has 27 heavy (non-hydrogen) atoms. The molecule has 0 saturated carbocycles. The normalized spacial score (nSPS) is 15.9. The van der Waals surface area contributed by atoms with E-state index in [1.165, 1.54) is 0 Å². The Kier molecular flexibility index (Phi) is 5.58. The third-order valence-electron chi connectivity index (χ3n) is 4.13. The van der Waals surface area contributed by atoms with Crippen molar-refractivity contribution < 1.29 is 4.74 Å². The summed E-state index contributed by atoms with van der Waals surface area (Å²) >= 11 is 13.8. The molecule has 1 atom stereocenters. The van der Waals surface area contributed by atoms with Gasteiger partial charge in [0.25, 0.3) is 0 Å². The van der Waals surface area contributed by atoms with Crippen molar-refractivity contribution in [2.45, 2.75) is 12.0 Å². The lowest BCUT2D eigenvalue weighted by Gasteiger charge is -2.12. The van der Waals surface area contributed by atoms with Crippen molar-refractivity contribution in [2.24, 2.45) is 5.10 Å². The first-order valence-corrected chi connectivity index (χ1v) is 10.0. The summed E-state index contributed by atoms with van der Waals surface area (Å²) in [6, 6.07) is 23.6. The third kappa shape index (κ3) is 4.41. The van der Waals surface area contributed by atoms with Gasteiger partial charge in [-0.2, -0.15) is 5.10 Å². The molecule has 0 saturated heterocycles. The highest BCUT2D eigenvalue weighted by Crippen LogP contribution is 2.34. The molecule has 1 N–H and O–H groups in total. The molecular weight excluding hydrogens is 399 g/mol. The molecule has 0 fully saturated rings. The Hall–Kier alpha value is -2.14. The summed E-state index contributed by atoms with van der Waals surface area (Å²) in [6.45, 7) is 0.396. The Labute approximate surface area is 172 Å². The second kappa shape index (κ2) is 8.26. The maximum atomic E-state index is 6.18. The predicted molar refractivity (Wildman–Crippen MR) is 114 cm³/mol. The van der Waals surface area contributed by atoms with Crippen LogP contribution in [0.2, 0.25) is 10.0 Å². The second-order valence-corrected chi connectivity index (χ2v) is 7.94. The average molecular weight is 415 g/mol. The van der Waals surface area contributed by atoms with Gasteiger partial charge in [0.15, 0.2) is 0 Å².